The number of hydrogen-bond acceptors (Lipinski definition) is 2. The quantitative estimate of drug-likeness (QED) is 0.379. The molecule has 0 N–H and O–H groups in total. The number of hydrogen-bond donors (Lipinski definition) is 0. The Balaban J connectivity index is 0. The summed E-state index contributed by atoms with van der Waals surface area (Å²) in [5, 5.41) is 0. The zero-order chi connectivity index (χ0) is 5.54. The fourth-order valence-corrected chi connectivity index (χ4v) is 0.539. The first-order valence-corrected chi connectivity index (χ1v) is 3.41. The average Bonchev–Trinajstić information content (AvgIpc) is 1.69. The fourth-order valence-electron chi connectivity index (χ4n) is 0.276. The van der Waals surface area contributed by atoms with Gasteiger partial charge in [0.05, 0.1) is 6.61 Å². The molecule has 0 aliphatic heterocycles. The summed E-state index contributed by atoms with van der Waals surface area (Å²) in [6.07, 6.45) is 2.13. The molecule has 0 aromatic rings. The third-order valence-electron chi connectivity index (χ3n) is 0.684. The van der Waals surface area contributed by atoms with Crippen molar-refractivity contribution in [2.45, 2.75) is 19.8 Å². The molecule has 0 fully saturated rings. The third kappa shape index (κ3) is 9.94. The summed E-state index contributed by atoms with van der Waals surface area (Å²) < 4.78 is 14.3. The normalized spacial score (nSPS) is 9.62. The SMILES string of the molecule is CCCCO[PH2]=O.[Zn]. The molecule has 1 unspecified atom stereocenters. The Morgan fingerprint density at radius 1 is 1.62 bits per heavy atom. The molecule has 0 spiro atoms. The fraction of sp³-hybridized carbons (Fsp3) is 1.00. The van der Waals surface area contributed by atoms with Crippen molar-refractivity contribution in [1.29, 1.82) is 0 Å². The monoisotopic (exact) mass is 186 g/mol. The minimum absolute atomic E-state index is 0. The molecule has 0 amide bonds. The summed E-state index contributed by atoms with van der Waals surface area (Å²) in [6.45, 7) is 2.73. The topological polar surface area (TPSA) is 26.3 Å². The Morgan fingerprint density at radius 2 is 2.25 bits per heavy atom. The van der Waals surface area contributed by atoms with Crippen LogP contribution in [-0.4, -0.2) is 6.61 Å². The third-order valence-corrected chi connectivity index (χ3v) is 1.06. The van der Waals surface area contributed by atoms with E-state index >= 15 is 0 Å². The summed E-state index contributed by atoms with van der Waals surface area (Å²) >= 11 is 0. The van der Waals surface area contributed by atoms with E-state index in [9.17, 15) is 4.57 Å². The van der Waals surface area contributed by atoms with Crippen molar-refractivity contribution in [2.75, 3.05) is 6.61 Å². The van der Waals surface area contributed by atoms with Crippen LogP contribution in [0.2, 0.25) is 0 Å². The zero-order valence-corrected chi connectivity index (χ0v) is 9.34. The summed E-state index contributed by atoms with van der Waals surface area (Å²) in [4.78, 5) is 0. The van der Waals surface area contributed by atoms with E-state index in [1.807, 2.05) is 0 Å². The maximum Gasteiger partial charge on any atom is 0.179 e. The molecule has 0 aliphatic rings. The van der Waals surface area contributed by atoms with Gasteiger partial charge in [-0.1, -0.05) is 13.3 Å². The van der Waals surface area contributed by atoms with Crippen molar-refractivity contribution < 1.29 is 28.6 Å². The van der Waals surface area contributed by atoms with E-state index in [1.165, 1.54) is 0 Å². The van der Waals surface area contributed by atoms with Crippen molar-refractivity contribution in [3.8, 4) is 0 Å². The predicted octanol–water partition coefficient (Wildman–Crippen LogP) is 1.47. The van der Waals surface area contributed by atoms with Gasteiger partial charge < -0.3 is 4.52 Å². The van der Waals surface area contributed by atoms with Crippen LogP contribution in [0.5, 0.6) is 0 Å². The molecule has 8 heavy (non-hydrogen) atoms. The molecular weight excluding hydrogens is 176 g/mol. The van der Waals surface area contributed by atoms with E-state index in [0.717, 1.165) is 12.8 Å². The van der Waals surface area contributed by atoms with E-state index in [0.29, 0.717) is 6.61 Å². The minimum Gasteiger partial charge on any atom is -0.332 e. The van der Waals surface area contributed by atoms with E-state index in [2.05, 4.69) is 11.4 Å². The Hall–Kier alpha value is 0.813. The Morgan fingerprint density at radius 3 is 2.62 bits per heavy atom. The second-order valence-electron chi connectivity index (χ2n) is 1.32. The molecule has 0 aliphatic carbocycles. The van der Waals surface area contributed by atoms with Crippen LogP contribution in [-0.2, 0) is 28.6 Å². The maximum absolute atomic E-state index is 9.67. The second kappa shape index (κ2) is 10.7. The van der Waals surface area contributed by atoms with Gasteiger partial charge in [-0.15, -0.1) is 0 Å². The molecule has 0 rings (SSSR count). The molecule has 46 valence electrons. The van der Waals surface area contributed by atoms with Gasteiger partial charge >= 0.3 is 0 Å². The van der Waals surface area contributed by atoms with Gasteiger partial charge in [0.2, 0.25) is 0 Å². The van der Waals surface area contributed by atoms with Crippen LogP contribution in [0.4, 0.5) is 0 Å². The van der Waals surface area contributed by atoms with Crippen LogP contribution in [0.3, 0.4) is 0 Å². The zero-order valence-electron chi connectivity index (χ0n) is 5.22. The van der Waals surface area contributed by atoms with Crippen LogP contribution < -0.4 is 0 Å². The van der Waals surface area contributed by atoms with Gasteiger partial charge in [0, 0.05) is 19.5 Å². The number of rotatable bonds is 4. The first-order chi connectivity index (χ1) is 3.41. The Bertz CT molecular complexity index is 51.3. The van der Waals surface area contributed by atoms with Crippen molar-refractivity contribution in [3.05, 3.63) is 0 Å². The molecular formula is C4H11O2PZn. The van der Waals surface area contributed by atoms with E-state index in [1.54, 1.807) is 0 Å². The molecule has 0 radical (unpaired) electrons. The Kier molecular flexibility index (Phi) is 15.5. The average molecular weight is 187 g/mol. The van der Waals surface area contributed by atoms with Crippen LogP contribution in [0, 0.1) is 0 Å². The second-order valence-corrected chi connectivity index (χ2v) is 1.85. The van der Waals surface area contributed by atoms with Gasteiger partial charge in [-0.3, -0.25) is 4.57 Å². The molecule has 2 nitrogen and oxygen atoms in total. The van der Waals surface area contributed by atoms with Crippen LogP contribution >= 0.6 is 8.69 Å². The standard InChI is InChI=1S/C4H11O2P.Zn/c1-2-3-4-6-7-5;/h2-4,7H2,1H3;. The van der Waals surface area contributed by atoms with Crippen LogP contribution in [0.1, 0.15) is 19.8 Å². The van der Waals surface area contributed by atoms with Crippen molar-refractivity contribution in [3.63, 3.8) is 0 Å². The Labute approximate surface area is 64.0 Å². The van der Waals surface area contributed by atoms with E-state index < -0.39 is 8.69 Å². The summed E-state index contributed by atoms with van der Waals surface area (Å²) in [7, 11) is -0.969. The minimum atomic E-state index is -0.969. The molecule has 0 saturated carbocycles. The van der Waals surface area contributed by atoms with Gasteiger partial charge in [-0.05, 0) is 6.42 Å². The van der Waals surface area contributed by atoms with Gasteiger partial charge in [0.25, 0.3) is 0 Å². The predicted molar refractivity (Wildman–Crippen MR) is 31.3 cm³/mol. The molecule has 0 aromatic carbocycles. The molecule has 0 bridgehead atoms. The van der Waals surface area contributed by atoms with Gasteiger partial charge in [0.15, 0.2) is 8.69 Å². The smallest absolute Gasteiger partial charge is 0.179 e. The summed E-state index contributed by atoms with van der Waals surface area (Å²) in [6, 6.07) is 0. The van der Waals surface area contributed by atoms with E-state index in [-0.39, 0.29) is 19.5 Å². The van der Waals surface area contributed by atoms with Crippen molar-refractivity contribution in [2.24, 2.45) is 0 Å². The van der Waals surface area contributed by atoms with Gasteiger partial charge in [-0.25, -0.2) is 0 Å². The summed E-state index contributed by atoms with van der Waals surface area (Å²) in [5.74, 6) is 0. The molecule has 0 aromatic heterocycles. The molecule has 0 heterocycles. The summed E-state index contributed by atoms with van der Waals surface area (Å²) in [5.41, 5.74) is 0. The van der Waals surface area contributed by atoms with Gasteiger partial charge in [-0.2, -0.15) is 0 Å². The number of unbranched alkanes of at least 4 members (excludes halogenated alkanes) is 1. The van der Waals surface area contributed by atoms with Gasteiger partial charge in [0.1, 0.15) is 0 Å². The van der Waals surface area contributed by atoms with Crippen LogP contribution in [0.15, 0.2) is 0 Å². The molecule has 4 heteroatoms. The van der Waals surface area contributed by atoms with Crippen LogP contribution in [0.25, 0.3) is 0 Å². The largest absolute Gasteiger partial charge is 0.332 e. The molecule has 1 atom stereocenters. The van der Waals surface area contributed by atoms with E-state index in [4.69, 9.17) is 0 Å². The first kappa shape index (κ1) is 11.6. The van der Waals surface area contributed by atoms with Crippen molar-refractivity contribution >= 4 is 8.69 Å². The van der Waals surface area contributed by atoms with Crippen molar-refractivity contribution in [1.82, 2.24) is 0 Å². The molecule has 0 saturated heterocycles. The maximum atomic E-state index is 9.67. The first-order valence-electron chi connectivity index (χ1n) is 2.47.